The topological polar surface area (TPSA) is 119 Å². The van der Waals surface area contributed by atoms with Gasteiger partial charge in [0.25, 0.3) is 5.91 Å². The number of hydrogen-bond donors (Lipinski definition) is 3. The van der Waals surface area contributed by atoms with Crippen molar-refractivity contribution in [2.24, 2.45) is 0 Å². The van der Waals surface area contributed by atoms with Crippen molar-refractivity contribution >= 4 is 40.9 Å². The number of pyridine rings is 1. The number of halogens is 4. The van der Waals surface area contributed by atoms with Crippen molar-refractivity contribution in [3.63, 3.8) is 0 Å². The maximum atomic E-state index is 13.0. The van der Waals surface area contributed by atoms with Gasteiger partial charge in [-0.25, -0.2) is 9.59 Å². The van der Waals surface area contributed by atoms with Crippen molar-refractivity contribution < 1.29 is 37.0 Å². The van der Waals surface area contributed by atoms with E-state index in [1.54, 1.807) is 0 Å². The number of ether oxygens (including phenoxy) is 2. The molecule has 0 saturated carbocycles. The van der Waals surface area contributed by atoms with E-state index in [9.17, 15) is 27.6 Å². The number of amides is 3. The molecular formula is C24H20ClF3N4O5. The van der Waals surface area contributed by atoms with Crippen molar-refractivity contribution in [2.75, 3.05) is 17.7 Å². The van der Waals surface area contributed by atoms with E-state index in [1.165, 1.54) is 62.7 Å². The van der Waals surface area contributed by atoms with Gasteiger partial charge >= 0.3 is 18.2 Å². The molecule has 3 N–H and O–H groups in total. The number of carbonyl (C=O) groups excluding carboxylic acids is 3. The number of hydrogen-bond acceptors (Lipinski definition) is 6. The number of esters is 1. The molecule has 0 spiro atoms. The molecule has 13 heteroatoms. The van der Waals surface area contributed by atoms with Gasteiger partial charge in [-0.1, -0.05) is 11.6 Å². The van der Waals surface area contributed by atoms with Crippen LogP contribution in [0.4, 0.5) is 29.3 Å². The second-order valence-corrected chi connectivity index (χ2v) is 7.90. The van der Waals surface area contributed by atoms with Gasteiger partial charge in [0, 0.05) is 23.6 Å². The molecule has 0 saturated heterocycles. The zero-order valence-corrected chi connectivity index (χ0v) is 20.1. The Morgan fingerprint density at radius 2 is 1.59 bits per heavy atom. The molecule has 0 radical (unpaired) electrons. The van der Waals surface area contributed by atoms with Gasteiger partial charge in [0.2, 0.25) is 0 Å². The summed E-state index contributed by atoms with van der Waals surface area (Å²) in [6.45, 7) is 1.47. The fourth-order valence-corrected chi connectivity index (χ4v) is 3.19. The fraction of sp³-hybridized carbons (Fsp3) is 0.167. The molecule has 0 aliphatic rings. The lowest BCUT2D eigenvalue weighted by Gasteiger charge is -2.13. The van der Waals surface area contributed by atoms with Gasteiger partial charge in [-0.3, -0.25) is 9.78 Å². The molecule has 0 aliphatic carbocycles. The second-order valence-electron chi connectivity index (χ2n) is 7.49. The molecule has 3 rings (SSSR count). The normalized spacial score (nSPS) is 11.7. The first-order valence-electron chi connectivity index (χ1n) is 10.5. The molecule has 1 atom stereocenters. The van der Waals surface area contributed by atoms with Crippen LogP contribution in [0.15, 0.2) is 60.8 Å². The first kappa shape index (κ1) is 27.3. The molecule has 0 aliphatic heterocycles. The highest BCUT2D eigenvalue weighted by atomic mass is 35.5. The van der Waals surface area contributed by atoms with Crippen molar-refractivity contribution in [1.29, 1.82) is 0 Å². The third kappa shape index (κ3) is 7.58. The number of urea groups is 1. The lowest BCUT2D eigenvalue weighted by Crippen LogP contribution is -2.39. The number of rotatable bonds is 7. The predicted octanol–water partition coefficient (Wildman–Crippen LogP) is 5.48. The van der Waals surface area contributed by atoms with E-state index >= 15 is 0 Å². The minimum absolute atomic E-state index is 0.0130. The van der Waals surface area contributed by atoms with Crippen LogP contribution in [0, 0.1) is 0 Å². The molecule has 1 aromatic heterocycles. The van der Waals surface area contributed by atoms with Gasteiger partial charge in [0.15, 0.2) is 0 Å². The molecule has 0 unspecified atom stereocenters. The second kappa shape index (κ2) is 11.6. The SMILES string of the molecule is COC(=O)[C@@H](C)NC(=O)c1cc(Oc2ccc(NC(=O)Nc3ccc(Cl)c(C(F)(F)F)c3)cc2)ccn1. The molecule has 194 valence electrons. The van der Waals surface area contributed by atoms with E-state index in [4.69, 9.17) is 16.3 Å². The molecule has 0 bridgehead atoms. The monoisotopic (exact) mass is 536 g/mol. The van der Waals surface area contributed by atoms with Gasteiger partial charge < -0.3 is 25.4 Å². The molecule has 2 aromatic carbocycles. The number of benzene rings is 2. The maximum Gasteiger partial charge on any atom is 0.417 e. The quantitative estimate of drug-likeness (QED) is 0.344. The van der Waals surface area contributed by atoms with Gasteiger partial charge in [0.1, 0.15) is 23.2 Å². The van der Waals surface area contributed by atoms with Crippen molar-refractivity contribution in [1.82, 2.24) is 10.3 Å². The van der Waals surface area contributed by atoms with Crippen LogP contribution in [-0.4, -0.2) is 36.0 Å². The van der Waals surface area contributed by atoms with Crippen LogP contribution in [0.25, 0.3) is 0 Å². The Labute approximate surface area is 213 Å². The molecular weight excluding hydrogens is 517 g/mol. The Kier molecular flexibility index (Phi) is 8.56. The number of nitrogens with zero attached hydrogens (tertiary/aromatic N) is 1. The highest BCUT2D eigenvalue weighted by molar-refractivity contribution is 6.31. The molecule has 1 heterocycles. The molecule has 3 aromatic rings. The summed E-state index contributed by atoms with van der Waals surface area (Å²) in [7, 11) is 1.21. The number of alkyl halides is 3. The molecule has 3 amide bonds. The lowest BCUT2D eigenvalue weighted by atomic mass is 10.2. The van der Waals surface area contributed by atoms with E-state index in [2.05, 4.69) is 25.7 Å². The van der Waals surface area contributed by atoms with E-state index in [0.29, 0.717) is 11.4 Å². The summed E-state index contributed by atoms with van der Waals surface area (Å²) in [5.41, 5.74) is -0.809. The third-order valence-electron chi connectivity index (χ3n) is 4.74. The largest absolute Gasteiger partial charge is 0.467 e. The van der Waals surface area contributed by atoms with E-state index in [1.807, 2.05) is 0 Å². The van der Waals surface area contributed by atoms with Crippen LogP contribution < -0.4 is 20.7 Å². The standard InChI is InChI=1S/C24H20ClF3N4O5/c1-13(22(34)36-2)30-21(33)20-12-17(9-10-29-20)37-16-6-3-14(4-7-16)31-23(35)32-15-5-8-19(25)18(11-15)24(26,27)28/h3-13H,1-2H3,(H,30,33)(H2,31,32,35)/t13-/m1/s1. The number of carbonyl (C=O) groups is 3. The minimum atomic E-state index is -4.66. The number of methoxy groups -OCH3 is 1. The van der Waals surface area contributed by atoms with Gasteiger partial charge in [-0.15, -0.1) is 0 Å². The zero-order valence-electron chi connectivity index (χ0n) is 19.4. The fourth-order valence-electron chi connectivity index (χ4n) is 2.96. The van der Waals surface area contributed by atoms with Crippen molar-refractivity contribution in [2.45, 2.75) is 19.1 Å². The summed E-state index contributed by atoms with van der Waals surface area (Å²) < 4.78 is 49.2. The van der Waals surface area contributed by atoms with E-state index in [-0.39, 0.29) is 17.1 Å². The Morgan fingerprint density at radius 3 is 2.24 bits per heavy atom. The predicted molar refractivity (Wildman–Crippen MR) is 129 cm³/mol. The third-order valence-corrected chi connectivity index (χ3v) is 5.07. The summed E-state index contributed by atoms with van der Waals surface area (Å²) in [5, 5.41) is 6.78. The van der Waals surface area contributed by atoms with Crippen LogP contribution >= 0.6 is 11.6 Å². The van der Waals surface area contributed by atoms with E-state index in [0.717, 1.165) is 12.1 Å². The van der Waals surface area contributed by atoms with Crippen molar-refractivity contribution in [3.05, 3.63) is 77.1 Å². The number of anilines is 2. The van der Waals surface area contributed by atoms with Gasteiger partial charge in [-0.2, -0.15) is 13.2 Å². The van der Waals surface area contributed by atoms with Crippen LogP contribution in [0.1, 0.15) is 23.0 Å². The molecule has 9 nitrogen and oxygen atoms in total. The first-order chi connectivity index (χ1) is 17.5. The highest BCUT2D eigenvalue weighted by Crippen LogP contribution is 2.36. The summed E-state index contributed by atoms with van der Waals surface area (Å²) >= 11 is 5.58. The minimum Gasteiger partial charge on any atom is -0.467 e. The summed E-state index contributed by atoms with van der Waals surface area (Å²) in [4.78, 5) is 39.9. The average Bonchev–Trinajstić information content (AvgIpc) is 2.85. The Balaban J connectivity index is 1.60. The number of aromatic nitrogens is 1. The number of nitrogens with one attached hydrogen (secondary N) is 3. The highest BCUT2D eigenvalue weighted by Gasteiger charge is 2.33. The van der Waals surface area contributed by atoms with E-state index < -0.39 is 40.7 Å². The van der Waals surface area contributed by atoms with Gasteiger partial charge in [-0.05, 0) is 55.5 Å². The summed E-state index contributed by atoms with van der Waals surface area (Å²) in [6.07, 6.45) is -3.31. The van der Waals surface area contributed by atoms with Crippen molar-refractivity contribution in [3.8, 4) is 11.5 Å². The molecule has 0 fully saturated rings. The smallest absolute Gasteiger partial charge is 0.417 e. The Morgan fingerprint density at radius 1 is 0.946 bits per heavy atom. The van der Waals surface area contributed by atoms with Gasteiger partial charge in [0.05, 0.1) is 17.7 Å². The van der Waals surface area contributed by atoms with Crippen LogP contribution in [-0.2, 0) is 15.7 Å². The first-order valence-corrected chi connectivity index (χ1v) is 10.9. The Hall–Kier alpha value is -4.32. The summed E-state index contributed by atoms with van der Waals surface area (Å²) in [5.74, 6) is -0.564. The zero-order chi connectivity index (χ0) is 27.2. The maximum absolute atomic E-state index is 13.0. The van der Waals surface area contributed by atoms with Crippen LogP contribution in [0.5, 0.6) is 11.5 Å². The summed E-state index contributed by atoms with van der Waals surface area (Å²) in [6, 6.07) is 10.3. The van der Waals surface area contributed by atoms with Crippen LogP contribution in [0.2, 0.25) is 5.02 Å². The molecule has 37 heavy (non-hydrogen) atoms. The average molecular weight is 537 g/mol. The Bertz CT molecular complexity index is 1300. The van der Waals surface area contributed by atoms with Crippen LogP contribution in [0.3, 0.4) is 0 Å². The lowest BCUT2D eigenvalue weighted by molar-refractivity contribution is -0.142.